The van der Waals surface area contributed by atoms with Gasteiger partial charge in [0.2, 0.25) is 0 Å². The molecule has 7 N–H and O–H groups in total. The Morgan fingerprint density at radius 1 is 0.875 bits per heavy atom. The number of aliphatic hydroxyl groups is 7. The van der Waals surface area contributed by atoms with Gasteiger partial charge in [0.05, 0.1) is 31.6 Å². The second-order valence-corrected chi connectivity index (χ2v) is 8.08. The summed E-state index contributed by atoms with van der Waals surface area (Å²) < 4.78 is 12.4. The van der Waals surface area contributed by atoms with Gasteiger partial charge in [0, 0.05) is 12.0 Å². The first-order chi connectivity index (χ1) is 15.3. The third-order valence-electron chi connectivity index (χ3n) is 5.92. The molecule has 2 aliphatic rings. The maximum atomic E-state index is 10.3. The van der Waals surface area contributed by atoms with Crippen LogP contribution in [0, 0.1) is 0 Å². The number of rotatable bonds is 5. The molecule has 0 aliphatic carbocycles. The fourth-order valence-corrected chi connectivity index (χ4v) is 4.02. The lowest BCUT2D eigenvalue weighted by Gasteiger charge is -2.40. The maximum Gasteiger partial charge on any atom is 0.180 e. The molecule has 1 aromatic carbocycles. The van der Waals surface area contributed by atoms with Gasteiger partial charge >= 0.3 is 0 Å². The van der Waals surface area contributed by atoms with E-state index >= 15 is 0 Å². The Bertz CT molecular complexity index is 893. The molecule has 1 aromatic heterocycles. The molecule has 4 rings (SSSR count). The molecule has 2 aromatic rings. The molecule has 0 amide bonds. The second kappa shape index (κ2) is 9.47. The summed E-state index contributed by atoms with van der Waals surface area (Å²) in [5.74, 6) is 0. The molecule has 12 heteroatoms. The standard InChI is InChI=1S/C20H27N3O9/c24-7-11-5-13(26)15(27)20(31-11)23-6-12(21-22-23)9-1-3-10(4-2-9)19-18(30)17(29)16(28)14(8-25)32-19/h1-4,6,11,13-20,24-30H,5,7-8H2. The van der Waals surface area contributed by atoms with Crippen LogP contribution in [0.25, 0.3) is 11.3 Å². The van der Waals surface area contributed by atoms with Gasteiger partial charge in [-0.3, -0.25) is 0 Å². The van der Waals surface area contributed by atoms with Crippen LogP contribution in [0.5, 0.6) is 0 Å². The molecular weight excluding hydrogens is 426 g/mol. The Morgan fingerprint density at radius 3 is 2.25 bits per heavy atom. The number of nitrogens with zero attached hydrogens (tertiary/aromatic N) is 3. The van der Waals surface area contributed by atoms with Gasteiger partial charge in [-0.25, -0.2) is 4.68 Å². The SMILES string of the molecule is OCC1CC(O)C(O)C(n2cc(-c3ccc(C4OC(CO)C(O)C(O)C4O)cc3)nn2)O1. The molecule has 3 heterocycles. The normalized spacial score (nSPS) is 38.0. The van der Waals surface area contributed by atoms with Gasteiger partial charge in [-0.2, -0.15) is 0 Å². The minimum atomic E-state index is -1.47. The van der Waals surface area contributed by atoms with Crippen LogP contribution in [0.4, 0.5) is 0 Å². The lowest BCUT2D eigenvalue weighted by molar-refractivity contribution is -0.231. The molecule has 2 fully saturated rings. The van der Waals surface area contributed by atoms with Gasteiger partial charge in [-0.05, 0) is 5.56 Å². The van der Waals surface area contributed by atoms with Crippen molar-refractivity contribution < 1.29 is 45.2 Å². The highest BCUT2D eigenvalue weighted by Crippen LogP contribution is 2.33. The highest BCUT2D eigenvalue weighted by Gasteiger charge is 2.44. The number of ether oxygens (including phenoxy) is 2. The first-order valence-corrected chi connectivity index (χ1v) is 10.3. The van der Waals surface area contributed by atoms with E-state index in [1.165, 1.54) is 10.9 Å². The van der Waals surface area contributed by atoms with Gasteiger partial charge in [0.1, 0.15) is 42.3 Å². The molecule has 2 saturated heterocycles. The molecule has 0 bridgehead atoms. The van der Waals surface area contributed by atoms with E-state index < -0.39 is 61.7 Å². The number of aliphatic hydroxyl groups excluding tert-OH is 7. The van der Waals surface area contributed by atoms with Crippen molar-refractivity contribution in [3.8, 4) is 11.3 Å². The third-order valence-corrected chi connectivity index (χ3v) is 5.92. The average molecular weight is 453 g/mol. The summed E-state index contributed by atoms with van der Waals surface area (Å²) >= 11 is 0. The monoisotopic (exact) mass is 453 g/mol. The van der Waals surface area contributed by atoms with E-state index in [1.807, 2.05) is 0 Å². The number of hydrogen-bond donors (Lipinski definition) is 7. The largest absolute Gasteiger partial charge is 0.394 e. The van der Waals surface area contributed by atoms with Crippen molar-refractivity contribution in [2.24, 2.45) is 0 Å². The van der Waals surface area contributed by atoms with Crippen LogP contribution in [0.15, 0.2) is 30.5 Å². The molecule has 0 spiro atoms. The second-order valence-electron chi connectivity index (χ2n) is 8.08. The molecule has 176 valence electrons. The molecule has 12 nitrogen and oxygen atoms in total. The first-order valence-electron chi connectivity index (χ1n) is 10.3. The van der Waals surface area contributed by atoms with Crippen molar-refractivity contribution in [1.82, 2.24) is 15.0 Å². The smallest absolute Gasteiger partial charge is 0.180 e. The topological polar surface area (TPSA) is 191 Å². The predicted molar refractivity (Wildman–Crippen MR) is 106 cm³/mol. The highest BCUT2D eigenvalue weighted by molar-refractivity contribution is 5.58. The first kappa shape index (κ1) is 23.2. The van der Waals surface area contributed by atoms with Crippen LogP contribution >= 0.6 is 0 Å². The summed E-state index contributed by atoms with van der Waals surface area (Å²) in [5, 5.41) is 77.1. The Labute approximate surface area is 182 Å². The van der Waals surface area contributed by atoms with Gasteiger partial charge in [-0.1, -0.05) is 29.5 Å². The highest BCUT2D eigenvalue weighted by atomic mass is 16.5. The van der Waals surface area contributed by atoms with Crippen molar-refractivity contribution in [3.63, 3.8) is 0 Å². The van der Waals surface area contributed by atoms with Crippen molar-refractivity contribution in [1.29, 1.82) is 0 Å². The van der Waals surface area contributed by atoms with E-state index in [1.54, 1.807) is 24.3 Å². The minimum absolute atomic E-state index is 0.106. The molecule has 0 radical (unpaired) electrons. The lowest BCUT2D eigenvalue weighted by Crippen LogP contribution is -2.55. The number of hydrogen-bond acceptors (Lipinski definition) is 11. The summed E-state index contributed by atoms with van der Waals surface area (Å²) in [5.41, 5.74) is 1.62. The predicted octanol–water partition coefficient (Wildman–Crippen LogP) is -2.54. The van der Waals surface area contributed by atoms with Gasteiger partial charge < -0.3 is 45.2 Å². The zero-order valence-corrected chi connectivity index (χ0v) is 17.0. The van der Waals surface area contributed by atoms with Gasteiger partial charge in [0.25, 0.3) is 0 Å². The lowest BCUT2D eigenvalue weighted by atomic mass is 9.91. The minimum Gasteiger partial charge on any atom is -0.394 e. The summed E-state index contributed by atoms with van der Waals surface area (Å²) in [6.07, 6.45) is -8.54. The van der Waals surface area contributed by atoms with Crippen LogP contribution in [0.2, 0.25) is 0 Å². The average Bonchev–Trinajstić information content (AvgIpc) is 3.29. The maximum absolute atomic E-state index is 10.3. The summed E-state index contributed by atoms with van der Waals surface area (Å²) in [6, 6.07) is 6.68. The Morgan fingerprint density at radius 2 is 1.59 bits per heavy atom. The van der Waals surface area contributed by atoms with Crippen molar-refractivity contribution in [2.75, 3.05) is 13.2 Å². The zero-order valence-electron chi connectivity index (χ0n) is 17.0. The van der Waals surface area contributed by atoms with E-state index in [-0.39, 0.29) is 13.0 Å². The zero-order chi connectivity index (χ0) is 23.0. The fourth-order valence-electron chi connectivity index (χ4n) is 4.02. The molecule has 32 heavy (non-hydrogen) atoms. The third kappa shape index (κ3) is 4.29. The number of aromatic nitrogens is 3. The van der Waals surface area contributed by atoms with Crippen LogP contribution in [-0.4, -0.2) is 107 Å². The van der Waals surface area contributed by atoms with E-state index in [4.69, 9.17) is 9.47 Å². The molecule has 9 unspecified atom stereocenters. The van der Waals surface area contributed by atoms with E-state index in [0.29, 0.717) is 16.8 Å². The van der Waals surface area contributed by atoms with Crippen LogP contribution in [0.3, 0.4) is 0 Å². The van der Waals surface area contributed by atoms with E-state index in [0.717, 1.165) is 0 Å². The number of benzene rings is 1. The van der Waals surface area contributed by atoms with E-state index in [9.17, 15) is 35.7 Å². The van der Waals surface area contributed by atoms with Gasteiger partial charge in [-0.15, -0.1) is 5.10 Å². The summed E-state index contributed by atoms with van der Waals surface area (Å²) in [6.45, 7) is -0.815. The van der Waals surface area contributed by atoms with Gasteiger partial charge in [0.15, 0.2) is 6.23 Å². The molecule has 2 aliphatic heterocycles. The van der Waals surface area contributed by atoms with Crippen LogP contribution in [-0.2, 0) is 9.47 Å². The fraction of sp³-hybridized carbons (Fsp3) is 0.600. The van der Waals surface area contributed by atoms with Crippen LogP contribution in [0.1, 0.15) is 24.3 Å². The Balaban J connectivity index is 1.51. The van der Waals surface area contributed by atoms with E-state index in [2.05, 4.69) is 10.3 Å². The molecule has 0 saturated carbocycles. The Hall–Kier alpha value is -2.00. The quantitative estimate of drug-likeness (QED) is 0.252. The van der Waals surface area contributed by atoms with Crippen molar-refractivity contribution in [2.45, 2.75) is 61.5 Å². The Kier molecular flexibility index (Phi) is 6.86. The molecular formula is C20H27N3O9. The van der Waals surface area contributed by atoms with Crippen LogP contribution < -0.4 is 0 Å². The van der Waals surface area contributed by atoms with Crippen molar-refractivity contribution in [3.05, 3.63) is 36.0 Å². The van der Waals surface area contributed by atoms with Crippen molar-refractivity contribution >= 4 is 0 Å². The summed E-state index contributed by atoms with van der Waals surface area (Å²) in [7, 11) is 0. The molecule has 9 atom stereocenters. The summed E-state index contributed by atoms with van der Waals surface area (Å²) in [4.78, 5) is 0.